The third-order valence-electron chi connectivity index (χ3n) is 13.7. The molecule has 0 radical (unpaired) electrons. The van der Waals surface area contributed by atoms with Gasteiger partial charge in [-0.15, -0.1) is 0 Å². The van der Waals surface area contributed by atoms with Crippen LogP contribution in [0.3, 0.4) is 0 Å². The Kier molecular flexibility index (Phi) is 20.1. The quantitative estimate of drug-likeness (QED) is 0.0235. The Hall–Kier alpha value is -10.1. The molecule has 22 heteroatoms. The number of nitrogens with one attached hydrogen (secondary N) is 6. The molecule has 0 saturated heterocycles. The van der Waals surface area contributed by atoms with Crippen molar-refractivity contribution in [3.8, 4) is 17.2 Å². The van der Waals surface area contributed by atoms with Crippen molar-refractivity contribution in [3.63, 3.8) is 0 Å². The number of carboxylic acid groups (broad SMARTS) is 3. The van der Waals surface area contributed by atoms with E-state index in [1.165, 1.54) is 72.8 Å². The predicted molar refractivity (Wildman–Crippen MR) is 298 cm³/mol. The van der Waals surface area contributed by atoms with E-state index in [2.05, 4.69) is 31.9 Å². The van der Waals surface area contributed by atoms with Gasteiger partial charge >= 0.3 is 17.9 Å². The Balaban J connectivity index is 1.12. The summed E-state index contributed by atoms with van der Waals surface area (Å²) in [5.74, 6) is -10.3. The fraction of sp³-hybridized carbons (Fsp3) is 0.267. The van der Waals surface area contributed by atoms with Crippen LogP contribution in [-0.2, 0) is 73.6 Å². The van der Waals surface area contributed by atoms with Gasteiger partial charge in [-0.2, -0.15) is 0 Å². The molecule has 6 atom stereocenters. The third kappa shape index (κ3) is 16.5. The standard InChI is InChI=1S/C60H60N6O16/c67-32-40(28-33-4-15-41(68)16-5-33)61-56(78)46(23-26-52(74)75)63-59(81)49(30-35-8-19-43(70)20-9-35)66-58(80)47(24-27-53(76)77)64-60(82)48(29-34-6-17-42(69)18-7-34)65-57(79)45(22-25-51(72)73)62-50(71)31-39-13-12-38-11-10-36-2-1-3-37-14-21-44(39)55(38)54(36)37/h1-21,32,40,45-49,68-70H,22-31H2,(H,61,78)(H,62,71)(H,63,81)(H,64,82)(H,65,79)(H,66,80)(H,72,73)(H,74,75)(H,76,77)/t40-,45-,46-,47-,48-,49-/m0/s1. The highest BCUT2D eigenvalue weighted by molar-refractivity contribution is 6.23. The number of aromatic hydroxyl groups is 3. The van der Waals surface area contributed by atoms with Crippen LogP contribution >= 0.6 is 0 Å². The van der Waals surface area contributed by atoms with Gasteiger partial charge in [-0.25, -0.2) is 0 Å². The highest BCUT2D eigenvalue weighted by Crippen LogP contribution is 2.36. The van der Waals surface area contributed by atoms with Crippen LogP contribution in [0.4, 0.5) is 0 Å². The molecule has 426 valence electrons. The minimum absolute atomic E-state index is 0.0497. The van der Waals surface area contributed by atoms with Crippen molar-refractivity contribution in [1.29, 1.82) is 0 Å². The molecule has 0 aliphatic heterocycles. The molecule has 0 aromatic heterocycles. The van der Waals surface area contributed by atoms with Gasteiger partial charge in [-0.05, 0) is 117 Å². The second-order valence-electron chi connectivity index (χ2n) is 19.8. The summed E-state index contributed by atoms with van der Waals surface area (Å²) in [5.41, 5.74) is 1.85. The number of carbonyl (C=O) groups is 10. The van der Waals surface area contributed by atoms with Crippen LogP contribution in [0.15, 0.2) is 127 Å². The van der Waals surface area contributed by atoms with Gasteiger partial charge in [0.05, 0.1) is 12.5 Å². The average Bonchev–Trinajstić information content (AvgIpc) is 3.44. The normalized spacial score (nSPS) is 13.4. The molecule has 6 amide bonds. The van der Waals surface area contributed by atoms with Crippen LogP contribution < -0.4 is 31.9 Å². The van der Waals surface area contributed by atoms with Crippen molar-refractivity contribution >= 4 is 92.0 Å². The largest absolute Gasteiger partial charge is 0.508 e. The smallest absolute Gasteiger partial charge is 0.303 e. The van der Waals surface area contributed by atoms with Gasteiger partial charge in [-0.3, -0.25) is 43.2 Å². The van der Waals surface area contributed by atoms with E-state index in [1.54, 1.807) is 6.07 Å². The van der Waals surface area contributed by atoms with Gasteiger partial charge in [0, 0.05) is 32.1 Å². The highest BCUT2D eigenvalue weighted by Gasteiger charge is 2.34. The van der Waals surface area contributed by atoms with Crippen LogP contribution in [0.25, 0.3) is 32.3 Å². The first-order valence-electron chi connectivity index (χ1n) is 26.1. The lowest BCUT2D eigenvalue weighted by atomic mass is 9.91. The lowest BCUT2D eigenvalue weighted by Gasteiger charge is -2.27. The molecule has 0 fully saturated rings. The summed E-state index contributed by atoms with van der Waals surface area (Å²) >= 11 is 0. The van der Waals surface area contributed by atoms with Gasteiger partial charge in [0.1, 0.15) is 53.7 Å². The molecular weight excluding hydrogens is 1060 g/mol. The summed E-state index contributed by atoms with van der Waals surface area (Å²) in [5, 5.41) is 79.4. The minimum atomic E-state index is -1.77. The van der Waals surface area contributed by atoms with Crippen molar-refractivity contribution in [2.45, 2.75) is 100 Å². The van der Waals surface area contributed by atoms with Gasteiger partial charge < -0.3 is 67.3 Å². The molecule has 0 unspecified atom stereocenters. The Labute approximate surface area is 468 Å². The fourth-order valence-electron chi connectivity index (χ4n) is 9.52. The molecule has 7 aromatic rings. The lowest BCUT2D eigenvalue weighted by molar-refractivity contribution is -0.139. The van der Waals surface area contributed by atoms with Gasteiger partial charge in [0.25, 0.3) is 0 Å². The number of carboxylic acids is 3. The number of phenolic OH excluding ortho intramolecular Hbond substituents is 3. The maximum Gasteiger partial charge on any atom is 0.303 e. The number of rotatable bonds is 29. The van der Waals surface area contributed by atoms with E-state index >= 15 is 0 Å². The number of hydrogen-bond donors (Lipinski definition) is 12. The van der Waals surface area contributed by atoms with Crippen LogP contribution in [-0.4, -0.2) is 127 Å². The molecule has 0 aliphatic carbocycles. The van der Waals surface area contributed by atoms with E-state index in [1.807, 2.05) is 48.5 Å². The van der Waals surface area contributed by atoms with E-state index < -0.39 is 128 Å². The second kappa shape index (κ2) is 27.7. The molecule has 12 N–H and O–H groups in total. The molecule has 22 nitrogen and oxygen atoms in total. The van der Waals surface area contributed by atoms with Gasteiger partial charge in [0.2, 0.25) is 35.4 Å². The van der Waals surface area contributed by atoms with Crippen molar-refractivity contribution in [2.24, 2.45) is 0 Å². The first-order valence-corrected chi connectivity index (χ1v) is 26.1. The zero-order valence-electron chi connectivity index (χ0n) is 44.0. The maximum atomic E-state index is 14.5. The Morgan fingerprint density at radius 3 is 1.17 bits per heavy atom. The number of carbonyl (C=O) groups excluding carboxylic acids is 7. The average molecular weight is 1120 g/mol. The van der Waals surface area contributed by atoms with Gasteiger partial charge in [0.15, 0.2) is 0 Å². The summed E-state index contributed by atoms with van der Waals surface area (Å²) in [7, 11) is 0. The molecule has 7 aromatic carbocycles. The van der Waals surface area contributed by atoms with Crippen LogP contribution in [0.2, 0.25) is 0 Å². The van der Waals surface area contributed by atoms with Crippen molar-refractivity contribution in [3.05, 3.63) is 150 Å². The van der Waals surface area contributed by atoms with E-state index in [0.717, 1.165) is 32.3 Å². The summed E-state index contributed by atoms with van der Waals surface area (Å²) in [4.78, 5) is 133. The van der Waals surface area contributed by atoms with Crippen LogP contribution in [0.5, 0.6) is 17.2 Å². The number of amides is 6. The Morgan fingerprint density at radius 1 is 0.390 bits per heavy atom. The number of benzene rings is 7. The second-order valence-corrected chi connectivity index (χ2v) is 19.8. The molecule has 0 aliphatic rings. The number of phenols is 3. The van der Waals surface area contributed by atoms with E-state index in [-0.39, 0.29) is 42.9 Å². The van der Waals surface area contributed by atoms with E-state index in [9.17, 15) is 78.6 Å². The summed E-state index contributed by atoms with van der Waals surface area (Å²) in [6.07, 6.45) is -4.03. The minimum Gasteiger partial charge on any atom is -0.508 e. The molecule has 0 saturated carbocycles. The monoisotopic (exact) mass is 1120 g/mol. The Morgan fingerprint density at radius 2 is 0.744 bits per heavy atom. The van der Waals surface area contributed by atoms with Crippen molar-refractivity contribution in [1.82, 2.24) is 31.9 Å². The molecule has 0 heterocycles. The summed E-state index contributed by atoms with van der Waals surface area (Å²) in [6.45, 7) is 0. The molecule has 0 spiro atoms. The first-order chi connectivity index (χ1) is 39.2. The van der Waals surface area contributed by atoms with E-state index in [0.29, 0.717) is 28.5 Å². The number of aliphatic carboxylic acids is 3. The van der Waals surface area contributed by atoms with E-state index in [4.69, 9.17) is 0 Å². The SMILES string of the molecule is O=C[C@H](Cc1ccc(O)cc1)NC(=O)[C@H](CCC(=O)O)NC(=O)[C@H](Cc1ccc(O)cc1)NC(=O)[C@H](CCC(=O)O)NC(=O)[C@H](Cc1ccc(O)cc1)NC(=O)[C@H](CCC(=O)O)NC(=O)Cc1ccc2ccc3cccc4ccc1c2c34. The Bertz CT molecular complexity index is 3470. The van der Waals surface area contributed by atoms with Crippen LogP contribution in [0.1, 0.15) is 60.8 Å². The number of hydrogen-bond acceptors (Lipinski definition) is 13. The molecule has 7 rings (SSSR count). The number of aldehydes is 1. The topological polar surface area (TPSA) is 364 Å². The maximum absolute atomic E-state index is 14.5. The van der Waals surface area contributed by atoms with Crippen molar-refractivity contribution < 1.29 is 78.6 Å². The molecule has 0 bridgehead atoms. The lowest BCUT2D eigenvalue weighted by Crippen LogP contribution is -2.60. The fourth-order valence-corrected chi connectivity index (χ4v) is 9.52. The third-order valence-corrected chi connectivity index (χ3v) is 13.7. The summed E-state index contributed by atoms with van der Waals surface area (Å²) < 4.78 is 0. The molecular formula is C60H60N6O16. The van der Waals surface area contributed by atoms with Gasteiger partial charge in [-0.1, -0.05) is 91.0 Å². The summed E-state index contributed by atoms with van der Waals surface area (Å²) in [6, 6.07) is 24.6. The predicted octanol–water partition coefficient (Wildman–Crippen LogP) is 3.67. The van der Waals surface area contributed by atoms with Crippen molar-refractivity contribution in [2.75, 3.05) is 0 Å². The molecule has 82 heavy (non-hydrogen) atoms. The zero-order chi connectivity index (χ0) is 59.0. The highest BCUT2D eigenvalue weighted by atomic mass is 16.4. The van der Waals surface area contributed by atoms with Crippen LogP contribution in [0, 0.1) is 0 Å². The zero-order valence-corrected chi connectivity index (χ0v) is 44.0. The first kappa shape index (κ1) is 59.5.